The second-order valence-electron chi connectivity index (χ2n) is 9.89. The number of aliphatic imine (C=N–C) groups is 1. The SMILES string of the molecule is CCNC(=NCC1CCN(C)CC1)N1CCC(CN(CC)C(=O)OC(C)(C)C)CC1. The van der Waals surface area contributed by atoms with Crippen LogP contribution in [0.15, 0.2) is 4.99 Å². The van der Waals surface area contributed by atoms with Gasteiger partial charge in [0.1, 0.15) is 5.60 Å². The summed E-state index contributed by atoms with van der Waals surface area (Å²) in [5.41, 5.74) is -0.446. The molecule has 0 bridgehead atoms. The van der Waals surface area contributed by atoms with E-state index in [1.807, 2.05) is 32.6 Å². The molecule has 2 aliphatic rings. The predicted molar refractivity (Wildman–Crippen MR) is 124 cm³/mol. The number of hydrogen-bond acceptors (Lipinski definition) is 4. The van der Waals surface area contributed by atoms with E-state index in [-0.39, 0.29) is 6.09 Å². The van der Waals surface area contributed by atoms with Crippen molar-refractivity contribution >= 4 is 12.1 Å². The van der Waals surface area contributed by atoms with Gasteiger partial charge in [-0.3, -0.25) is 4.99 Å². The van der Waals surface area contributed by atoms with Gasteiger partial charge >= 0.3 is 6.09 Å². The summed E-state index contributed by atoms with van der Waals surface area (Å²) in [5.74, 6) is 2.29. The van der Waals surface area contributed by atoms with Crippen molar-refractivity contribution in [3.05, 3.63) is 0 Å². The van der Waals surface area contributed by atoms with Gasteiger partial charge in [-0.15, -0.1) is 0 Å². The lowest BCUT2D eigenvalue weighted by Crippen LogP contribution is -2.48. The van der Waals surface area contributed by atoms with Gasteiger partial charge in [-0.2, -0.15) is 0 Å². The lowest BCUT2D eigenvalue weighted by molar-refractivity contribution is 0.0214. The zero-order valence-electron chi connectivity index (χ0n) is 20.2. The molecule has 0 spiro atoms. The van der Waals surface area contributed by atoms with E-state index in [4.69, 9.17) is 9.73 Å². The van der Waals surface area contributed by atoms with Crippen molar-refractivity contribution in [2.75, 3.05) is 59.4 Å². The molecule has 0 aromatic carbocycles. The average Bonchev–Trinajstić information content (AvgIpc) is 2.69. The Morgan fingerprint density at radius 3 is 2.20 bits per heavy atom. The summed E-state index contributed by atoms with van der Waals surface area (Å²) in [5, 5.41) is 3.49. The van der Waals surface area contributed by atoms with Gasteiger partial charge in [0, 0.05) is 39.3 Å². The van der Waals surface area contributed by atoms with E-state index in [1.54, 1.807) is 0 Å². The summed E-state index contributed by atoms with van der Waals surface area (Å²) in [7, 11) is 2.20. The summed E-state index contributed by atoms with van der Waals surface area (Å²) in [6.07, 6.45) is 4.47. The van der Waals surface area contributed by atoms with E-state index >= 15 is 0 Å². The first-order chi connectivity index (χ1) is 14.2. The lowest BCUT2D eigenvalue weighted by atomic mass is 9.96. The summed E-state index contributed by atoms with van der Waals surface area (Å²) < 4.78 is 5.56. The van der Waals surface area contributed by atoms with Gasteiger partial charge < -0.3 is 24.8 Å². The molecular formula is C23H45N5O2. The Labute approximate surface area is 184 Å². The molecule has 1 N–H and O–H groups in total. The quantitative estimate of drug-likeness (QED) is 0.525. The molecular weight excluding hydrogens is 378 g/mol. The van der Waals surface area contributed by atoms with Crippen LogP contribution in [0.2, 0.25) is 0 Å². The molecule has 7 nitrogen and oxygen atoms in total. The van der Waals surface area contributed by atoms with Crippen LogP contribution < -0.4 is 5.32 Å². The highest BCUT2D eigenvalue weighted by atomic mass is 16.6. The Balaban J connectivity index is 1.84. The van der Waals surface area contributed by atoms with Crippen LogP contribution in [-0.2, 0) is 4.74 Å². The van der Waals surface area contributed by atoms with E-state index < -0.39 is 5.60 Å². The number of ether oxygens (including phenoxy) is 1. The number of hydrogen-bond donors (Lipinski definition) is 1. The van der Waals surface area contributed by atoms with Crippen molar-refractivity contribution in [1.29, 1.82) is 0 Å². The lowest BCUT2D eigenvalue weighted by Gasteiger charge is -2.37. The fourth-order valence-corrected chi connectivity index (χ4v) is 4.18. The Hall–Kier alpha value is -1.50. The van der Waals surface area contributed by atoms with Gasteiger partial charge in [-0.1, -0.05) is 0 Å². The maximum atomic E-state index is 12.4. The topological polar surface area (TPSA) is 60.4 Å². The van der Waals surface area contributed by atoms with E-state index in [1.165, 1.54) is 25.9 Å². The van der Waals surface area contributed by atoms with Crippen molar-refractivity contribution in [2.24, 2.45) is 16.8 Å². The molecule has 0 aromatic rings. The van der Waals surface area contributed by atoms with Crippen LogP contribution >= 0.6 is 0 Å². The Bertz CT molecular complexity index is 544. The number of guanidine groups is 1. The Morgan fingerprint density at radius 1 is 1.07 bits per heavy atom. The highest BCUT2D eigenvalue weighted by molar-refractivity contribution is 5.80. The maximum Gasteiger partial charge on any atom is 0.410 e. The first kappa shape index (κ1) is 24.8. The highest BCUT2D eigenvalue weighted by Gasteiger charge is 2.27. The summed E-state index contributed by atoms with van der Waals surface area (Å²) >= 11 is 0. The van der Waals surface area contributed by atoms with E-state index in [2.05, 4.69) is 29.1 Å². The summed E-state index contributed by atoms with van der Waals surface area (Å²) in [4.78, 5) is 24.1. The number of likely N-dealkylation sites (tertiary alicyclic amines) is 2. The molecule has 0 radical (unpaired) electrons. The fourth-order valence-electron chi connectivity index (χ4n) is 4.18. The monoisotopic (exact) mass is 423 g/mol. The molecule has 174 valence electrons. The minimum atomic E-state index is -0.446. The minimum absolute atomic E-state index is 0.194. The normalized spacial score (nSPS) is 20.3. The summed E-state index contributed by atoms with van der Waals surface area (Å²) in [6, 6.07) is 0. The summed E-state index contributed by atoms with van der Waals surface area (Å²) in [6.45, 7) is 17.6. The van der Waals surface area contributed by atoms with Crippen molar-refractivity contribution in [1.82, 2.24) is 20.0 Å². The van der Waals surface area contributed by atoms with Crippen LogP contribution in [0.3, 0.4) is 0 Å². The first-order valence-corrected chi connectivity index (χ1v) is 11.9. The average molecular weight is 424 g/mol. The van der Waals surface area contributed by atoms with E-state index in [9.17, 15) is 4.79 Å². The molecule has 30 heavy (non-hydrogen) atoms. The number of rotatable bonds is 6. The van der Waals surface area contributed by atoms with E-state index in [0.29, 0.717) is 18.4 Å². The number of carbonyl (C=O) groups is 1. The fraction of sp³-hybridized carbons (Fsp3) is 0.913. The first-order valence-electron chi connectivity index (χ1n) is 11.9. The van der Waals surface area contributed by atoms with Crippen LogP contribution in [-0.4, -0.2) is 91.8 Å². The van der Waals surface area contributed by atoms with Crippen LogP contribution in [0, 0.1) is 11.8 Å². The van der Waals surface area contributed by atoms with Crippen molar-refractivity contribution in [2.45, 2.75) is 65.9 Å². The third kappa shape index (κ3) is 8.32. The number of nitrogens with one attached hydrogen (secondary N) is 1. The molecule has 0 unspecified atom stereocenters. The van der Waals surface area contributed by atoms with Crippen molar-refractivity contribution < 1.29 is 9.53 Å². The second kappa shape index (κ2) is 11.8. The molecule has 7 heteroatoms. The highest BCUT2D eigenvalue weighted by Crippen LogP contribution is 2.21. The predicted octanol–water partition coefficient (Wildman–Crippen LogP) is 3.26. The van der Waals surface area contributed by atoms with Crippen LogP contribution in [0.1, 0.15) is 60.3 Å². The zero-order valence-corrected chi connectivity index (χ0v) is 20.2. The molecule has 2 heterocycles. The van der Waals surface area contributed by atoms with Gasteiger partial charge in [0.2, 0.25) is 0 Å². The Kier molecular flexibility index (Phi) is 9.72. The molecule has 0 aliphatic carbocycles. The van der Waals surface area contributed by atoms with Gasteiger partial charge in [0.15, 0.2) is 5.96 Å². The number of carbonyl (C=O) groups excluding carboxylic acids is 1. The smallest absolute Gasteiger partial charge is 0.410 e. The third-order valence-electron chi connectivity index (χ3n) is 6.10. The number of amides is 1. The zero-order chi connectivity index (χ0) is 22.1. The van der Waals surface area contributed by atoms with Crippen LogP contribution in [0.25, 0.3) is 0 Å². The van der Waals surface area contributed by atoms with Gasteiger partial charge in [-0.25, -0.2) is 4.79 Å². The minimum Gasteiger partial charge on any atom is -0.444 e. The van der Waals surface area contributed by atoms with Crippen LogP contribution in [0.4, 0.5) is 4.79 Å². The van der Waals surface area contributed by atoms with Crippen molar-refractivity contribution in [3.8, 4) is 0 Å². The molecule has 2 aliphatic heterocycles. The second-order valence-corrected chi connectivity index (χ2v) is 9.89. The standard InChI is InChI=1S/C23H45N5O2/c1-7-24-21(25-17-19-9-13-26(6)14-10-19)28-15-11-20(12-16-28)18-27(8-2)22(29)30-23(3,4)5/h19-20H,7-18H2,1-6H3,(H,24,25). The molecule has 2 fully saturated rings. The van der Waals surface area contributed by atoms with Gasteiger partial charge in [0.25, 0.3) is 0 Å². The molecule has 2 rings (SSSR count). The molecule has 0 aromatic heterocycles. The maximum absolute atomic E-state index is 12.4. The molecule has 2 saturated heterocycles. The van der Waals surface area contributed by atoms with Crippen LogP contribution in [0.5, 0.6) is 0 Å². The van der Waals surface area contributed by atoms with Gasteiger partial charge in [-0.05, 0) is 92.3 Å². The Morgan fingerprint density at radius 2 is 1.67 bits per heavy atom. The third-order valence-corrected chi connectivity index (χ3v) is 6.10. The van der Waals surface area contributed by atoms with Crippen molar-refractivity contribution in [3.63, 3.8) is 0 Å². The number of piperidine rings is 2. The molecule has 0 saturated carbocycles. The number of nitrogens with zero attached hydrogens (tertiary/aromatic N) is 4. The molecule has 0 atom stereocenters. The van der Waals surface area contributed by atoms with E-state index in [0.717, 1.165) is 51.5 Å². The molecule has 1 amide bonds. The largest absolute Gasteiger partial charge is 0.444 e. The van der Waals surface area contributed by atoms with Gasteiger partial charge in [0.05, 0.1) is 0 Å².